The molecular formula is C13H12N8. The lowest BCUT2D eigenvalue weighted by Gasteiger charge is -2.15. The number of hydrogen-bond donors (Lipinski definition) is 1. The van der Waals surface area contributed by atoms with Crippen molar-refractivity contribution < 1.29 is 0 Å². The fraction of sp³-hybridized carbons (Fsp3) is 0.154. The molecule has 0 fully saturated rings. The Morgan fingerprint density at radius 3 is 2.33 bits per heavy atom. The Kier molecular flexibility index (Phi) is 2.53. The summed E-state index contributed by atoms with van der Waals surface area (Å²) < 4.78 is 1.46. The molecule has 1 aliphatic heterocycles. The highest BCUT2D eigenvalue weighted by Crippen LogP contribution is 2.26. The highest BCUT2D eigenvalue weighted by Gasteiger charge is 2.22. The molecule has 0 spiro atoms. The minimum atomic E-state index is 0.168. The van der Waals surface area contributed by atoms with Gasteiger partial charge in [-0.3, -0.25) is 0 Å². The molecule has 0 amide bonds. The van der Waals surface area contributed by atoms with E-state index in [0.717, 1.165) is 13.1 Å². The molecule has 0 saturated heterocycles. The van der Waals surface area contributed by atoms with Crippen LogP contribution >= 0.6 is 0 Å². The van der Waals surface area contributed by atoms with Crippen molar-refractivity contribution >= 4 is 11.9 Å². The molecule has 0 aliphatic carbocycles. The van der Waals surface area contributed by atoms with Gasteiger partial charge in [-0.15, -0.1) is 0 Å². The number of fused-ring (bicyclic) bond motifs is 1. The van der Waals surface area contributed by atoms with Crippen LogP contribution in [0.3, 0.4) is 0 Å². The largest absolute Gasteiger partial charge is 0.368 e. The molecule has 104 valence electrons. The number of anilines is 2. The van der Waals surface area contributed by atoms with E-state index in [1.54, 1.807) is 0 Å². The van der Waals surface area contributed by atoms with Crippen LogP contribution in [-0.4, -0.2) is 29.7 Å². The number of hydrogen-bond acceptors (Lipinski definition) is 7. The van der Waals surface area contributed by atoms with Crippen LogP contribution in [0.2, 0.25) is 0 Å². The van der Waals surface area contributed by atoms with Crippen LogP contribution in [0.1, 0.15) is 11.1 Å². The second-order valence-corrected chi connectivity index (χ2v) is 4.76. The molecule has 3 heterocycles. The fourth-order valence-corrected chi connectivity index (χ4v) is 2.40. The van der Waals surface area contributed by atoms with Gasteiger partial charge in [-0.1, -0.05) is 24.3 Å². The van der Waals surface area contributed by atoms with Gasteiger partial charge >= 0.3 is 0 Å². The molecule has 1 aromatic carbocycles. The topological polar surface area (TPSA) is 98.6 Å². The van der Waals surface area contributed by atoms with Crippen LogP contribution in [0.5, 0.6) is 0 Å². The van der Waals surface area contributed by atoms with Gasteiger partial charge < -0.3 is 10.6 Å². The van der Waals surface area contributed by atoms with E-state index in [1.165, 1.54) is 28.5 Å². The van der Waals surface area contributed by atoms with Crippen molar-refractivity contribution in [2.45, 2.75) is 13.1 Å². The highest BCUT2D eigenvalue weighted by molar-refractivity contribution is 5.45. The van der Waals surface area contributed by atoms with Crippen LogP contribution in [-0.2, 0) is 13.1 Å². The van der Waals surface area contributed by atoms with Crippen LogP contribution in [0.25, 0.3) is 5.95 Å². The van der Waals surface area contributed by atoms with E-state index in [2.05, 4.69) is 42.1 Å². The lowest BCUT2D eigenvalue weighted by molar-refractivity contribution is 0.764. The van der Waals surface area contributed by atoms with Gasteiger partial charge in [-0.2, -0.15) is 24.7 Å². The van der Waals surface area contributed by atoms with Crippen molar-refractivity contribution in [3.05, 3.63) is 48.0 Å². The molecule has 0 bridgehead atoms. The average Bonchev–Trinajstić information content (AvgIpc) is 3.16. The van der Waals surface area contributed by atoms with Crippen LogP contribution in [0.15, 0.2) is 36.9 Å². The summed E-state index contributed by atoms with van der Waals surface area (Å²) in [6.45, 7) is 1.52. The normalized spacial score (nSPS) is 13.4. The summed E-state index contributed by atoms with van der Waals surface area (Å²) in [6.07, 6.45) is 2.95. The standard InChI is InChI=1S/C13H12N8/c14-11-17-12(19-13(18-11)21-8-15-7-16-21)20-5-9-3-1-2-4-10(9)6-20/h1-4,7-8H,5-6H2,(H2,14,17,18,19). The zero-order valence-corrected chi connectivity index (χ0v) is 11.1. The number of nitrogens with two attached hydrogens (primary N) is 1. The summed E-state index contributed by atoms with van der Waals surface area (Å²) in [5.41, 5.74) is 8.34. The van der Waals surface area contributed by atoms with Gasteiger partial charge in [0, 0.05) is 13.1 Å². The maximum Gasteiger partial charge on any atom is 0.258 e. The Labute approximate surface area is 120 Å². The zero-order chi connectivity index (χ0) is 14.2. The van der Waals surface area contributed by atoms with E-state index in [0.29, 0.717) is 11.9 Å². The molecule has 8 heteroatoms. The number of benzene rings is 1. The van der Waals surface area contributed by atoms with Gasteiger partial charge in [0.2, 0.25) is 11.9 Å². The summed E-state index contributed by atoms with van der Waals surface area (Å²) in [6, 6.07) is 8.28. The second-order valence-electron chi connectivity index (χ2n) is 4.76. The number of nitrogens with zero attached hydrogens (tertiary/aromatic N) is 7. The summed E-state index contributed by atoms with van der Waals surface area (Å²) in [5.74, 6) is 1.08. The van der Waals surface area contributed by atoms with Gasteiger partial charge in [0.15, 0.2) is 0 Å². The Morgan fingerprint density at radius 1 is 0.952 bits per heavy atom. The molecule has 0 atom stereocenters. The maximum atomic E-state index is 5.79. The first-order valence-corrected chi connectivity index (χ1v) is 6.48. The molecular weight excluding hydrogens is 268 g/mol. The second kappa shape index (κ2) is 4.51. The first-order chi connectivity index (χ1) is 10.3. The van der Waals surface area contributed by atoms with Crippen molar-refractivity contribution in [2.75, 3.05) is 10.6 Å². The first kappa shape index (κ1) is 11.8. The Morgan fingerprint density at radius 2 is 1.67 bits per heavy atom. The van der Waals surface area contributed by atoms with Crippen molar-refractivity contribution in [1.29, 1.82) is 0 Å². The summed E-state index contributed by atoms with van der Waals surface area (Å²) >= 11 is 0. The van der Waals surface area contributed by atoms with Gasteiger partial charge in [-0.25, -0.2) is 4.98 Å². The Balaban J connectivity index is 1.71. The van der Waals surface area contributed by atoms with Gasteiger partial charge in [0.05, 0.1) is 0 Å². The van der Waals surface area contributed by atoms with Crippen molar-refractivity contribution in [3.63, 3.8) is 0 Å². The zero-order valence-electron chi connectivity index (χ0n) is 11.1. The SMILES string of the molecule is Nc1nc(N2Cc3ccccc3C2)nc(-n2cncn2)n1. The molecule has 1 aliphatic rings. The summed E-state index contributed by atoms with van der Waals surface area (Å²) in [5, 5.41) is 4.01. The molecule has 0 saturated carbocycles. The van der Waals surface area contributed by atoms with Crippen molar-refractivity contribution in [1.82, 2.24) is 29.7 Å². The molecule has 2 aromatic heterocycles. The fourth-order valence-electron chi connectivity index (χ4n) is 2.40. The lowest BCUT2D eigenvalue weighted by atomic mass is 10.1. The summed E-state index contributed by atoms with van der Waals surface area (Å²) in [4.78, 5) is 18.7. The minimum Gasteiger partial charge on any atom is -0.368 e. The molecule has 8 nitrogen and oxygen atoms in total. The third-order valence-electron chi connectivity index (χ3n) is 3.38. The van der Waals surface area contributed by atoms with E-state index in [4.69, 9.17) is 5.73 Å². The van der Waals surface area contributed by atoms with Gasteiger partial charge in [0.25, 0.3) is 5.95 Å². The van der Waals surface area contributed by atoms with Crippen LogP contribution in [0, 0.1) is 0 Å². The molecule has 4 rings (SSSR count). The minimum absolute atomic E-state index is 0.168. The smallest absolute Gasteiger partial charge is 0.258 e. The molecule has 2 N–H and O–H groups in total. The molecule has 0 radical (unpaired) electrons. The Hall–Kier alpha value is -3.03. The average molecular weight is 280 g/mol. The number of aromatic nitrogens is 6. The summed E-state index contributed by atoms with van der Waals surface area (Å²) in [7, 11) is 0. The predicted molar refractivity (Wildman–Crippen MR) is 75.5 cm³/mol. The monoisotopic (exact) mass is 280 g/mol. The lowest BCUT2D eigenvalue weighted by Crippen LogP contribution is -2.20. The molecule has 21 heavy (non-hydrogen) atoms. The number of nitrogen functional groups attached to an aromatic ring is 1. The first-order valence-electron chi connectivity index (χ1n) is 6.48. The van der Waals surface area contributed by atoms with E-state index in [1.807, 2.05) is 12.1 Å². The third kappa shape index (κ3) is 2.06. The highest BCUT2D eigenvalue weighted by atomic mass is 15.4. The van der Waals surface area contributed by atoms with E-state index in [-0.39, 0.29) is 5.95 Å². The van der Waals surface area contributed by atoms with E-state index >= 15 is 0 Å². The van der Waals surface area contributed by atoms with Crippen LogP contribution < -0.4 is 10.6 Å². The van der Waals surface area contributed by atoms with E-state index < -0.39 is 0 Å². The maximum absolute atomic E-state index is 5.79. The van der Waals surface area contributed by atoms with Gasteiger partial charge in [0.1, 0.15) is 12.7 Å². The predicted octanol–water partition coefficient (Wildman–Crippen LogP) is 0.555. The molecule has 3 aromatic rings. The molecule has 0 unspecified atom stereocenters. The van der Waals surface area contributed by atoms with E-state index in [9.17, 15) is 0 Å². The Bertz CT molecular complexity index is 758. The van der Waals surface area contributed by atoms with Crippen LogP contribution in [0.4, 0.5) is 11.9 Å². The van der Waals surface area contributed by atoms with Crippen molar-refractivity contribution in [3.8, 4) is 5.95 Å². The number of rotatable bonds is 2. The quantitative estimate of drug-likeness (QED) is 0.732. The third-order valence-corrected chi connectivity index (χ3v) is 3.38. The van der Waals surface area contributed by atoms with Gasteiger partial charge in [-0.05, 0) is 11.1 Å². The van der Waals surface area contributed by atoms with Crippen molar-refractivity contribution in [2.24, 2.45) is 0 Å².